The summed E-state index contributed by atoms with van der Waals surface area (Å²) in [5, 5.41) is 11.9. The molecule has 0 aliphatic heterocycles. The number of esters is 1. The van der Waals surface area contributed by atoms with Crippen LogP contribution in [0.4, 0.5) is 0 Å². The number of benzene rings is 2. The third-order valence-corrected chi connectivity index (χ3v) is 4.03. The van der Waals surface area contributed by atoms with Gasteiger partial charge in [0.25, 0.3) is 5.91 Å². The Kier molecular flexibility index (Phi) is 8.41. The van der Waals surface area contributed by atoms with Crippen molar-refractivity contribution in [1.82, 2.24) is 5.32 Å². The second kappa shape index (κ2) is 11.2. The smallest absolute Gasteiger partial charge is 0.336 e. The zero-order valence-corrected chi connectivity index (χ0v) is 17.8. The molecule has 2 rings (SSSR count). The van der Waals surface area contributed by atoms with Gasteiger partial charge in [-0.1, -0.05) is 24.3 Å². The van der Waals surface area contributed by atoms with Crippen molar-refractivity contribution in [2.45, 2.75) is 19.9 Å². The fraction of sp³-hybridized carbons (Fsp3) is 0.208. The van der Waals surface area contributed by atoms with Gasteiger partial charge in [0.15, 0.2) is 11.5 Å². The maximum absolute atomic E-state index is 12.2. The third kappa shape index (κ3) is 6.75. The van der Waals surface area contributed by atoms with Crippen LogP contribution in [0.25, 0.3) is 12.2 Å². The van der Waals surface area contributed by atoms with Gasteiger partial charge in [0.1, 0.15) is 17.4 Å². The van der Waals surface area contributed by atoms with Crippen LogP contribution in [-0.2, 0) is 9.59 Å². The van der Waals surface area contributed by atoms with E-state index in [1.807, 2.05) is 24.3 Å². The fourth-order valence-corrected chi connectivity index (χ4v) is 2.62. The fourth-order valence-electron chi connectivity index (χ4n) is 2.62. The van der Waals surface area contributed by atoms with Gasteiger partial charge in [0.05, 0.1) is 14.2 Å². The number of ether oxygens (including phenoxy) is 3. The normalized spacial score (nSPS) is 11.2. The number of rotatable bonds is 8. The zero-order chi connectivity index (χ0) is 22.8. The minimum atomic E-state index is -0.596. The van der Waals surface area contributed by atoms with E-state index < -0.39 is 11.9 Å². The molecule has 0 bridgehead atoms. The second-order valence-electron chi connectivity index (χ2n) is 6.70. The topological polar surface area (TPSA) is 97.7 Å². The molecule has 0 fully saturated rings. The molecule has 0 heterocycles. The first kappa shape index (κ1) is 23.2. The molecule has 1 N–H and O–H groups in total. The molecule has 0 saturated heterocycles. The molecule has 7 heteroatoms. The summed E-state index contributed by atoms with van der Waals surface area (Å²) in [6.07, 6.45) is 4.32. The predicted octanol–water partition coefficient (Wildman–Crippen LogP) is 3.75. The summed E-state index contributed by atoms with van der Waals surface area (Å²) in [4.78, 5) is 24.3. The molecule has 160 valence electrons. The highest BCUT2D eigenvalue weighted by Gasteiger charge is 2.13. The lowest BCUT2D eigenvalue weighted by molar-refractivity contribution is -0.129. The molecule has 0 saturated carbocycles. The van der Waals surface area contributed by atoms with Crippen molar-refractivity contribution >= 4 is 24.0 Å². The number of hydrogen-bond donors (Lipinski definition) is 1. The molecule has 31 heavy (non-hydrogen) atoms. The highest BCUT2D eigenvalue weighted by Crippen LogP contribution is 2.29. The maximum atomic E-state index is 12.2. The monoisotopic (exact) mass is 420 g/mol. The van der Waals surface area contributed by atoms with E-state index in [2.05, 4.69) is 5.32 Å². The van der Waals surface area contributed by atoms with Crippen LogP contribution in [0.3, 0.4) is 0 Å². The van der Waals surface area contributed by atoms with Crippen molar-refractivity contribution in [3.63, 3.8) is 0 Å². The molecule has 0 unspecified atom stereocenters. The Morgan fingerprint density at radius 2 is 1.74 bits per heavy atom. The number of nitrogens with one attached hydrogen (secondary N) is 1. The standard InChI is InChI=1S/C24H24N2O5/c1-16(2)26-24(28)19(15-25)13-17-9-11-21(22(14-17)30-4)31-23(27)12-10-18-7-5-6-8-20(18)29-3/h5-14,16H,1-4H3,(H,26,28). The molecule has 0 aromatic heterocycles. The van der Waals surface area contributed by atoms with Crippen molar-refractivity contribution in [2.75, 3.05) is 14.2 Å². The van der Waals surface area contributed by atoms with E-state index in [0.717, 1.165) is 5.56 Å². The van der Waals surface area contributed by atoms with E-state index in [4.69, 9.17) is 14.2 Å². The van der Waals surface area contributed by atoms with Crippen LogP contribution >= 0.6 is 0 Å². The Morgan fingerprint density at radius 1 is 1.03 bits per heavy atom. The quantitative estimate of drug-likeness (QED) is 0.302. The van der Waals surface area contributed by atoms with Crippen LogP contribution in [-0.4, -0.2) is 32.1 Å². The van der Waals surface area contributed by atoms with Crippen LogP contribution < -0.4 is 19.5 Å². The van der Waals surface area contributed by atoms with Crippen LogP contribution in [0, 0.1) is 11.3 Å². The average molecular weight is 420 g/mol. The van der Waals surface area contributed by atoms with Gasteiger partial charge in [0, 0.05) is 17.7 Å². The minimum Gasteiger partial charge on any atom is -0.496 e. The summed E-state index contributed by atoms with van der Waals surface area (Å²) < 4.78 is 15.9. The van der Waals surface area contributed by atoms with Crippen LogP contribution in [0.5, 0.6) is 17.2 Å². The highest BCUT2D eigenvalue weighted by molar-refractivity contribution is 6.01. The lowest BCUT2D eigenvalue weighted by Crippen LogP contribution is -2.30. The summed E-state index contributed by atoms with van der Waals surface area (Å²) in [5.41, 5.74) is 1.25. The summed E-state index contributed by atoms with van der Waals surface area (Å²) in [7, 11) is 2.98. The van der Waals surface area contributed by atoms with E-state index in [-0.39, 0.29) is 23.1 Å². The molecule has 0 aliphatic carbocycles. The number of amides is 1. The molecule has 1 amide bonds. The van der Waals surface area contributed by atoms with Gasteiger partial charge < -0.3 is 19.5 Å². The SMILES string of the molecule is COc1ccccc1C=CC(=O)Oc1ccc(C=C(C#N)C(=O)NC(C)C)cc1OC. The van der Waals surface area contributed by atoms with Crippen LogP contribution in [0.2, 0.25) is 0 Å². The van der Waals surface area contributed by atoms with Crippen molar-refractivity contribution < 1.29 is 23.8 Å². The minimum absolute atomic E-state index is 0.0414. The first-order valence-corrected chi connectivity index (χ1v) is 9.51. The Morgan fingerprint density at radius 3 is 2.39 bits per heavy atom. The summed E-state index contributed by atoms with van der Waals surface area (Å²) in [6, 6.07) is 13.8. The first-order valence-electron chi connectivity index (χ1n) is 9.51. The zero-order valence-electron chi connectivity index (χ0n) is 17.8. The first-order chi connectivity index (χ1) is 14.9. The molecule has 0 atom stereocenters. The predicted molar refractivity (Wildman–Crippen MR) is 118 cm³/mol. The van der Waals surface area contributed by atoms with Crippen LogP contribution in [0.1, 0.15) is 25.0 Å². The van der Waals surface area contributed by atoms with Gasteiger partial charge in [-0.2, -0.15) is 5.26 Å². The Hall–Kier alpha value is -4.05. The van der Waals surface area contributed by atoms with Crippen molar-refractivity contribution in [1.29, 1.82) is 5.26 Å². The van der Waals surface area contributed by atoms with E-state index in [0.29, 0.717) is 11.3 Å². The number of hydrogen-bond acceptors (Lipinski definition) is 6. The van der Waals surface area contributed by atoms with E-state index in [9.17, 15) is 14.9 Å². The molecule has 2 aromatic carbocycles. The van der Waals surface area contributed by atoms with Crippen molar-refractivity contribution in [3.8, 4) is 23.3 Å². The lowest BCUT2D eigenvalue weighted by atomic mass is 10.1. The largest absolute Gasteiger partial charge is 0.496 e. The van der Waals surface area contributed by atoms with Gasteiger partial charge in [-0.25, -0.2) is 4.79 Å². The summed E-state index contributed by atoms with van der Waals surface area (Å²) in [6.45, 7) is 3.61. The van der Waals surface area contributed by atoms with Gasteiger partial charge in [0.2, 0.25) is 0 Å². The van der Waals surface area contributed by atoms with Gasteiger partial charge >= 0.3 is 5.97 Å². The van der Waals surface area contributed by atoms with Gasteiger partial charge in [-0.05, 0) is 49.8 Å². The number of nitriles is 1. The number of para-hydroxylation sites is 1. The van der Waals surface area contributed by atoms with Gasteiger partial charge in [-0.15, -0.1) is 0 Å². The Bertz CT molecular complexity index is 1050. The molecule has 2 aromatic rings. The molecule has 0 radical (unpaired) electrons. The van der Waals surface area contributed by atoms with Crippen molar-refractivity contribution in [3.05, 3.63) is 65.2 Å². The lowest BCUT2D eigenvalue weighted by Gasteiger charge is -2.10. The molecule has 7 nitrogen and oxygen atoms in total. The molecular weight excluding hydrogens is 396 g/mol. The third-order valence-electron chi connectivity index (χ3n) is 4.03. The number of nitrogens with zero attached hydrogens (tertiary/aromatic N) is 1. The highest BCUT2D eigenvalue weighted by atomic mass is 16.6. The average Bonchev–Trinajstić information content (AvgIpc) is 2.76. The molecular formula is C24H24N2O5. The van der Waals surface area contributed by atoms with E-state index in [1.54, 1.807) is 45.2 Å². The summed E-state index contributed by atoms with van der Waals surface area (Å²) in [5.74, 6) is 0.0684. The molecule has 0 spiro atoms. The van der Waals surface area contributed by atoms with E-state index in [1.165, 1.54) is 25.3 Å². The Labute approximate surface area is 181 Å². The number of carbonyl (C=O) groups excluding carboxylic acids is 2. The van der Waals surface area contributed by atoms with Crippen LogP contribution in [0.15, 0.2) is 54.1 Å². The van der Waals surface area contributed by atoms with Crippen molar-refractivity contribution in [2.24, 2.45) is 0 Å². The number of methoxy groups -OCH3 is 2. The van der Waals surface area contributed by atoms with E-state index >= 15 is 0 Å². The second-order valence-corrected chi connectivity index (χ2v) is 6.70. The van der Waals surface area contributed by atoms with Gasteiger partial charge in [-0.3, -0.25) is 4.79 Å². The molecule has 0 aliphatic rings. The Balaban J connectivity index is 2.19. The number of carbonyl (C=O) groups is 2. The maximum Gasteiger partial charge on any atom is 0.336 e. The summed E-state index contributed by atoms with van der Waals surface area (Å²) >= 11 is 0.